The number of amides is 1. The van der Waals surface area contributed by atoms with Gasteiger partial charge in [-0.05, 0) is 13.3 Å². The van der Waals surface area contributed by atoms with Crippen LogP contribution in [-0.2, 0) is 13.9 Å². The van der Waals surface area contributed by atoms with Crippen LogP contribution in [0.5, 0.6) is 0 Å². The summed E-state index contributed by atoms with van der Waals surface area (Å²) < 4.78 is 50.6. The Morgan fingerprint density at radius 2 is 2.06 bits per heavy atom. The van der Waals surface area contributed by atoms with Gasteiger partial charge < -0.3 is 14.7 Å². The molecule has 0 heterocycles. The smallest absolute Gasteiger partial charge is 0.348 e. The number of halogens is 3. The summed E-state index contributed by atoms with van der Waals surface area (Å²) in [5.41, 5.74) is 0. The SMILES string of the molecule is CCOP(=O)(O)CCCNC(=O)C(F)(F)F. The maximum Gasteiger partial charge on any atom is 0.471 e. The predicted molar refractivity (Wildman–Crippen MR) is 50.0 cm³/mol. The molecule has 5 nitrogen and oxygen atoms in total. The second-order valence-electron chi connectivity index (χ2n) is 2.89. The zero-order chi connectivity index (χ0) is 12.8. The van der Waals surface area contributed by atoms with Gasteiger partial charge in [-0.1, -0.05) is 0 Å². The lowest BCUT2D eigenvalue weighted by Gasteiger charge is -2.11. The van der Waals surface area contributed by atoms with Crippen LogP contribution in [0.3, 0.4) is 0 Å². The van der Waals surface area contributed by atoms with Crippen molar-refractivity contribution in [3.05, 3.63) is 0 Å². The molecule has 0 aliphatic heterocycles. The van der Waals surface area contributed by atoms with Gasteiger partial charge in [0.2, 0.25) is 0 Å². The van der Waals surface area contributed by atoms with Crippen LogP contribution in [0.2, 0.25) is 0 Å². The fourth-order valence-corrected chi connectivity index (χ4v) is 1.94. The Bertz CT molecular complexity index is 281. The number of nitrogens with one attached hydrogen (secondary N) is 1. The Balaban J connectivity index is 3.77. The summed E-state index contributed by atoms with van der Waals surface area (Å²) in [6.45, 7) is 1.24. The number of carbonyl (C=O) groups is 1. The third kappa shape index (κ3) is 6.81. The highest BCUT2D eigenvalue weighted by Crippen LogP contribution is 2.41. The molecule has 16 heavy (non-hydrogen) atoms. The fraction of sp³-hybridized carbons (Fsp3) is 0.857. The fourth-order valence-electron chi connectivity index (χ4n) is 0.847. The molecular weight excluding hydrogens is 250 g/mol. The van der Waals surface area contributed by atoms with E-state index in [2.05, 4.69) is 4.52 Å². The van der Waals surface area contributed by atoms with Crippen molar-refractivity contribution < 1.29 is 31.9 Å². The van der Waals surface area contributed by atoms with E-state index in [0.29, 0.717) is 0 Å². The van der Waals surface area contributed by atoms with Crippen LogP contribution in [0.25, 0.3) is 0 Å². The van der Waals surface area contributed by atoms with Crippen LogP contribution in [-0.4, -0.2) is 36.3 Å². The first-order valence-corrected chi connectivity index (χ1v) is 6.26. The summed E-state index contributed by atoms with van der Waals surface area (Å²) in [6, 6.07) is 0. The molecule has 96 valence electrons. The highest BCUT2D eigenvalue weighted by molar-refractivity contribution is 7.52. The van der Waals surface area contributed by atoms with Crippen LogP contribution < -0.4 is 5.32 Å². The van der Waals surface area contributed by atoms with E-state index in [1.165, 1.54) is 6.92 Å². The van der Waals surface area contributed by atoms with Gasteiger partial charge in [-0.25, -0.2) is 0 Å². The first kappa shape index (κ1) is 15.4. The predicted octanol–water partition coefficient (Wildman–Crippen LogP) is 1.28. The third-order valence-electron chi connectivity index (χ3n) is 1.49. The molecule has 0 aliphatic rings. The van der Waals surface area contributed by atoms with E-state index in [9.17, 15) is 22.5 Å². The number of hydrogen-bond donors (Lipinski definition) is 2. The largest absolute Gasteiger partial charge is 0.471 e. The Morgan fingerprint density at radius 3 is 2.50 bits per heavy atom. The molecule has 1 unspecified atom stereocenters. The number of rotatable bonds is 6. The van der Waals surface area contributed by atoms with E-state index in [0.717, 1.165) is 0 Å². The molecule has 1 atom stereocenters. The van der Waals surface area contributed by atoms with Crippen molar-refractivity contribution in [3.63, 3.8) is 0 Å². The molecule has 0 aromatic carbocycles. The summed E-state index contributed by atoms with van der Waals surface area (Å²) in [6.07, 6.45) is -5.28. The van der Waals surface area contributed by atoms with Gasteiger partial charge in [0, 0.05) is 6.54 Å². The second-order valence-corrected chi connectivity index (χ2v) is 4.87. The Labute approximate surface area is 90.5 Å². The Kier molecular flexibility index (Phi) is 5.99. The van der Waals surface area contributed by atoms with Gasteiger partial charge in [0.05, 0.1) is 12.8 Å². The summed E-state index contributed by atoms with van der Waals surface area (Å²) in [7, 11) is -3.73. The molecule has 9 heteroatoms. The van der Waals surface area contributed by atoms with Crippen molar-refractivity contribution in [2.75, 3.05) is 19.3 Å². The first-order chi connectivity index (χ1) is 7.19. The average Bonchev–Trinajstić information content (AvgIpc) is 2.10. The van der Waals surface area contributed by atoms with E-state index in [-0.39, 0.29) is 25.7 Å². The molecule has 0 aliphatic carbocycles. The van der Waals surface area contributed by atoms with Crippen molar-refractivity contribution in [3.8, 4) is 0 Å². The molecule has 0 rings (SSSR count). The lowest BCUT2D eigenvalue weighted by atomic mass is 10.4. The molecule has 0 saturated heterocycles. The number of carbonyl (C=O) groups excluding carboxylic acids is 1. The summed E-state index contributed by atoms with van der Waals surface area (Å²) in [5.74, 6) is -2.06. The topological polar surface area (TPSA) is 75.6 Å². The summed E-state index contributed by atoms with van der Waals surface area (Å²) in [5, 5.41) is 1.59. The molecule has 0 radical (unpaired) electrons. The molecule has 0 aromatic rings. The molecule has 1 amide bonds. The van der Waals surface area contributed by atoms with E-state index < -0.39 is 19.7 Å². The van der Waals surface area contributed by atoms with Gasteiger partial charge in [-0.2, -0.15) is 13.2 Å². The molecule has 0 saturated carbocycles. The second kappa shape index (κ2) is 6.22. The summed E-state index contributed by atoms with van der Waals surface area (Å²) in [4.78, 5) is 19.4. The minimum absolute atomic E-state index is 0.0443. The highest BCUT2D eigenvalue weighted by atomic mass is 31.2. The maximum absolute atomic E-state index is 11.7. The highest BCUT2D eigenvalue weighted by Gasteiger charge is 2.38. The summed E-state index contributed by atoms with van der Waals surface area (Å²) >= 11 is 0. The Morgan fingerprint density at radius 1 is 1.50 bits per heavy atom. The minimum atomic E-state index is -4.93. The number of alkyl halides is 3. The molecular formula is C7H13F3NO4P. The van der Waals surface area contributed by atoms with Gasteiger partial charge in [-0.15, -0.1) is 0 Å². The molecule has 0 bridgehead atoms. The quantitative estimate of drug-likeness (QED) is 0.559. The van der Waals surface area contributed by atoms with Crippen LogP contribution in [0.1, 0.15) is 13.3 Å². The van der Waals surface area contributed by atoms with E-state index in [4.69, 9.17) is 4.89 Å². The monoisotopic (exact) mass is 263 g/mol. The van der Waals surface area contributed by atoms with E-state index >= 15 is 0 Å². The van der Waals surface area contributed by atoms with E-state index in [1.54, 1.807) is 5.32 Å². The van der Waals surface area contributed by atoms with Crippen LogP contribution in [0.4, 0.5) is 13.2 Å². The van der Waals surface area contributed by atoms with Gasteiger partial charge in [0.25, 0.3) is 0 Å². The number of hydrogen-bond acceptors (Lipinski definition) is 3. The van der Waals surface area contributed by atoms with Crippen LogP contribution >= 0.6 is 7.60 Å². The lowest BCUT2D eigenvalue weighted by molar-refractivity contribution is -0.173. The Hall–Kier alpha value is -0.590. The average molecular weight is 263 g/mol. The van der Waals surface area contributed by atoms with Gasteiger partial charge in [0.1, 0.15) is 0 Å². The lowest BCUT2D eigenvalue weighted by Crippen LogP contribution is -2.37. The zero-order valence-electron chi connectivity index (χ0n) is 8.58. The van der Waals surface area contributed by atoms with Crippen LogP contribution in [0.15, 0.2) is 0 Å². The molecule has 0 fully saturated rings. The molecule has 0 aromatic heterocycles. The van der Waals surface area contributed by atoms with Gasteiger partial charge in [0.15, 0.2) is 0 Å². The van der Waals surface area contributed by atoms with Crippen LogP contribution in [0, 0.1) is 0 Å². The van der Waals surface area contributed by atoms with Gasteiger partial charge >= 0.3 is 19.7 Å². The van der Waals surface area contributed by atoms with Crippen molar-refractivity contribution in [1.82, 2.24) is 5.32 Å². The zero-order valence-corrected chi connectivity index (χ0v) is 9.48. The van der Waals surface area contributed by atoms with E-state index in [1.807, 2.05) is 0 Å². The first-order valence-electron chi connectivity index (χ1n) is 4.50. The standard InChI is InChI=1S/C7H13F3NO4P/c1-2-15-16(13,14)5-3-4-11-6(12)7(8,9)10/h2-5H2,1H3,(H,11,12)(H,13,14). The normalized spacial score (nSPS) is 15.6. The minimum Gasteiger partial charge on any atom is -0.348 e. The maximum atomic E-state index is 11.7. The van der Waals surface area contributed by atoms with Crippen molar-refractivity contribution in [2.45, 2.75) is 19.5 Å². The van der Waals surface area contributed by atoms with Crippen molar-refractivity contribution in [1.29, 1.82) is 0 Å². The van der Waals surface area contributed by atoms with Gasteiger partial charge in [-0.3, -0.25) is 9.36 Å². The molecule has 2 N–H and O–H groups in total. The third-order valence-corrected chi connectivity index (χ3v) is 3.03. The molecule has 0 spiro atoms. The van der Waals surface area contributed by atoms with Crippen molar-refractivity contribution in [2.24, 2.45) is 0 Å². The van der Waals surface area contributed by atoms with Crippen molar-refractivity contribution >= 4 is 13.5 Å².